The van der Waals surface area contributed by atoms with E-state index in [1.165, 1.54) is 0 Å². The molecular formula is C20H19NO4. The van der Waals surface area contributed by atoms with Gasteiger partial charge in [-0.25, -0.2) is 0 Å². The first-order valence-electron chi connectivity index (χ1n) is 8.24. The molecule has 2 aromatic rings. The first-order valence-corrected chi connectivity index (χ1v) is 8.24. The van der Waals surface area contributed by atoms with Gasteiger partial charge in [-0.1, -0.05) is 24.3 Å². The number of nitrogens with one attached hydrogen (secondary N) is 1. The Hall–Kier alpha value is -2.79. The van der Waals surface area contributed by atoms with Crippen molar-refractivity contribution in [1.82, 2.24) is 5.32 Å². The van der Waals surface area contributed by atoms with E-state index in [1.54, 1.807) is 7.11 Å². The van der Waals surface area contributed by atoms with Gasteiger partial charge in [0.05, 0.1) is 24.8 Å². The molecule has 5 nitrogen and oxygen atoms in total. The van der Waals surface area contributed by atoms with Crippen LogP contribution in [0.3, 0.4) is 0 Å². The Kier molecular flexibility index (Phi) is 3.93. The molecule has 25 heavy (non-hydrogen) atoms. The van der Waals surface area contributed by atoms with Gasteiger partial charge in [0.25, 0.3) is 5.91 Å². The van der Waals surface area contributed by atoms with Gasteiger partial charge in [0.1, 0.15) is 18.1 Å². The minimum absolute atomic E-state index is 0.204. The maximum absolute atomic E-state index is 12.7. The van der Waals surface area contributed by atoms with Gasteiger partial charge in [-0.2, -0.15) is 0 Å². The first kappa shape index (κ1) is 15.7. The van der Waals surface area contributed by atoms with Crippen LogP contribution in [0, 0.1) is 0 Å². The fourth-order valence-electron chi connectivity index (χ4n) is 3.40. The van der Waals surface area contributed by atoms with Crippen molar-refractivity contribution in [2.24, 2.45) is 0 Å². The van der Waals surface area contributed by atoms with Crippen LogP contribution in [0.2, 0.25) is 0 Å². The zero-order chi connectivity index (χ0) is 17.4. The number of methoxy groups -OCH3 is 1. The molecule has 0 bridgehead atoms. The van der Waals surface area contributed by atoms with Crippen molar-refractivity contribution >= 4 is 12.0 Å². The zero-order valence-corrected chi connectivity index (χ0v) is 13.9. The van der Waals surface area contributed by atoms with E-state index in [4.69, 9.17) is 9.47 Å². The fourth-order valence-corrected chi connectivity index (χ4v) is 3.40. The van der Waals surface area contributed by atoms with E-state index in [1.807, 2.05) is 48.5 Å². The summed E-state index contributed by atoms with van der Waals surface area (Å²) in [5, 5.41) is 13.2. The number of rotatable bonds is 3. The minimum atomic E-state index is -0.612. The monoisotopic (exact) mass is 337 g/mol. The molecule has 0 radical (unpaired) electrons. The number of aliphatic hydroxyl groups excluding tert-OH is 1. The van der Waals surface area contributed by atoms with Crippen molar-refractivity contribution in [2.75, 3.05) is 13.7 Å². The number of hydrogen-bond donors (Lipinski definition) is 2. The smallest absolute Gasteiger partial charge is 0.251 e. The number of ether oxygens (including phenoxy) is 2. The molecule has 2 N–H and O–H groups in total. The normalized spacial score (nSPS) is 20.8. The van der Waals surface area contributed by atoms with E-state index < -0.39 is 12.1 Å². The Labute approximate surface area is 145 Å². The van der Waals surface area contributed by atoms with Crippen LogP contribution in [0.1, 0.15) is 22.7 Å². The second-order valence-electron chi connectivity index (χ2n) is 6.28. The number of benzene rings is 2. The average molecular weight is 337 g/mol. The summed E-state index contributed by atoms with van der Waals surface area (Å²) in [6.07, 6.45) is 1.75. The van der Waals surface area contributed by atoms with Crippen molar-refractivity contribution in [3.63, 3.8) is 0 Å². The van der Waals surface area contributed by atoms with Gasteiger partial charge >= 0.3 is 0 Å². The van der Waals surface area contributed by atoms with Crippen LogP contribution in [0.5, 0.6) is 11.5 Å². The number of fused-ring (bicyclic) bond motifs is 2. The van der Waals surface area contributed by atoms with Crippen LogP contribution >= 0.6 is 0 Å². The second kappa shape index (κ2) is 6.26. The van der Waals surface area contributed by atoms with Crippen molar-refractivity contribution in [2.45, 2.75) is 18.6 Å². The SMILES string of the molecule is COc1ccc2c(c1)C=C(C(=O)N[C@H]1c3ccccc3C[C@@H]1O)CO2. The third-order valence-corrected chi connectivity index (χ3v) is 4.71. The van der Waals surface area contributed by atoms with E-state index in [0.717, 1.165) is 22.4 Å². The van der Waals surface area contributed by atoms with Crippen LogP contribution in [-0.2, 0) is 11.2 Å². The van der Waals surface area contributed by atoms with E-state index in [0.29, 0.717) is 17.7 Å². The molecule has 2 aliphatic rings. The fraction of sp³-hybridized carbons (Fsp3) is 0.250. The summed E-state index contributed by atoms with van der Waals surface area (Å²) in [7, 11) is 1.60. The van der Waals surface area contributed by atoms with Crippen LogP contribution in [0.15, 0.2) is 48.0 Å². The summed E-state index contributed by atoms with van der Waals surface area (Å²) in [5.74, 6) is 1.21. The van der Waals surface area contributed by atoms with E-state index >= 15 is 0 Å². The lowest BCUT2D eigenvalue weighted by molar-refractivity contribution is -0.119. The number of amides is 1. The molecule has 2 atom stereocenters. The standard InChI is InChI=1S/C20H19NO4/c1-24-15-6-7-18-13(9-15)8-14(11-25-18)20(23)21-19-16-5-3-2-4-12(16)10-17(19)22/h2-9,17,19,22H,10-11H2,1H3,(H,21,23)/t17-,19-/m0/s1. The highest BCUT2D eigenvalue weighted by molar-refractivity contribution is 5.99. The Bertz CT molecular complexity index is 859. The van der Waals surface area contributed by atoms with E-state index in [2.05, 4.69) is 5.32 Å². The maximum atomic E-state index is 12.7. The lowest BCUT2D eigenvalue weighted by Crippen LogP contribution is -2.36. The Balaban J connectivity index is 1.56. The molecule has 1 amide bonds. The van der Waals surface area contributed by atoms with Crippen LogP contribution in [0.25, 0.3) is 6.08 Å². The molecule has 0 unspecified atom stereocenters. The summed E-state index contributed by atoms with van der Waals surface area (Å²) in [6.45, 7) is 0.204. The van der Waals surface area contributed by atoms with Gasteiger partial charge in [0, 0.05) is 12.0 Å². The lowest BCUT2D eigenvalue weighted by atomic mass is 10.0. The summed E-state index contributed by atoms with van der Waals surface area (Å²) >= 11 is 0. The quantitative estimate of drug-likeness (QED) is 0.901. The third-order valence-electron chi connectivity index (χ3n) is 4.71. The van der Waals surface area contributed by atoms with Crippen LogP contribution in [0.4, 0.5) is 0 Å². The predicted molar refractivity (Wildman–Crippen MR) is 93.5 cm³/mol. The molecule has 1 aliphatic carbocycles. The molecule has 2 aromatic carbocycles. The van der Waals surface area contributed by atoms with Gasteiger partial charge in [0.15, 0.2) is 0 Å². The summed E-state index contributed by atoms with van der Waals surface area (Å²) in [6, 6.07) is 12.9. The summed E-state index contributed by atoms with van der Waals surface area (Å²) < 4.78 is 10.9. The molecule has 1 aliphatic heterocycles. The van der Waals surface area contributed by atoms with Gasteiger partial charge in [-0.05, 0) is 35.4 Å². The molecule has 1 heterocycles. The molecular weight excluding hydrogens is 318 g/mol. The van der Waals surface area contributed by atoms with E-state index in [-0.39, 0.29) is 12.5 Å². The highest BCUT2D eigenvalue weighted by atomic mass is 16.5. The Morgan fingerprint density at radius 3 is 2.96 bits per heavy atom. The lowest BCUT2D eigenvalue weighted by Gasteiger charge is -2.22. The van der Waals surface area contributed by atoms with Crippen molar-refractivity contribution in [3.8, 4) is 11.5 Å². The van der Waals surface area contributed by atoms with Crippen LogP contribution in [-0.4, -0.2) is 30.8 Å². The predicted octanol–water partition coefficient (Wildman–Crippen LogP) is 2.25. The molecule has 128 valence electrons. The largest absolute Gasteiger partial charge is 0.497 e. The van der Waals surface area contributed by atoms with Gasteiger partial charge < -0.3 is 19.9 Å². The van der Waals surface area contributed by atoms with Gasteiger partial charge in [-0.15, -0.1) is 0 Å². The summed E-state index contributed by atoms with van der Waals surface area (Å²) in [4.78, 5) is 12.7. The Morgan fingerprint density at radius 2 is 2.12 bits per heavy atom. The van der Waals surface area contributed by atoms with E-state index in [9.17, 15) is 9.90 Å². The third kappa shape index (κ3) is 2.87. The van der Waals surface area contributed by atoms with Crippen molar-refractivity contribution < 1.29 is 19.4 Å². The zero-order valence-electron chi connectivity index (χ0n) is 13.9. The van der Waals surface area contributed by atoms with Gasteiger partial charge in [-0.3, -0.25) is 4.79 Å². The molecule has 0 spiro atoms. The molecule has 0 saturated carbocycles. The number of aliphatic hydroxyl groups is 1. The number of hydrogen-bond acceptors (Lipinski definition) is 4. The minimum Gasteiger partial charge on any atom is -0.497 e. The topological polar surface area (TPSA) is 67.8 Å². The Morgan fingerprint density at radius 1 is 1.28 bits per heavy atom. The maximum Gasteiger partial charge on any atom is 0.251 e. The second-order valence-corrected chi connectivity index (χ2v) is 6.28. The molecule has 0 fully saturated rings. The van der Waals surface area contributed by atoms with Crippen LogP contribution < -0.4 is 14.8 Å². The molecule has 4 rings (SSSR count). The number of carbonyl (C=O) groups is 1. The average Bonchev–Trinajstić information content (AvgIpc) is 2.96. The first-order chi connectivity index (χ1) is 12.2. The highest BCUT2D eigenvalue weighted by Crippen LogP contribution is 2.33. The molecule has 0 saturated heterocycles. The molecule has 5 heteroatoms. The molecule has 0 aromatic heterocycles. The summed E-state index contributed by atoms with van der Waals surface area (Å²) in [5.41, 5.74) is 3.38. The number of carbonyl (C=O) groups excluding carboxylic acids is 1. The van der Waals surface area contributed by atoms with Crippen molar-refractivity contribution in [1.29, 1.82) is 0 Å². The highest BCUT2D eigenvalue weighted by Gasteiger charge is 2.32. The van der Waals surface area contributed by atoms with Gasteiger partial charge in [0.2, 0.25) is 0 Å². The van der Waals surface area contributed by atoms with Crippen molar-refractivity contribution in [3.05, 3.63) is 64.7 Å².